The SMILES string of the molecule is CCN(CC(=O)O)C1CC(NS(=O)(=O)Cc2c(Cl)cccc2Cl)C1. The third-order valence-electron chi connectivity index (χ3n) is 4.12. The van der Waals surface area contributed by atoms with Crippen molar-refractivity contribution in [3.63, 3.8) is 0 Å². The molecule has 2 N–H and O–H groups in total. The number of hydrogen-bond acceptors (Lipinski definition) is 4. The highest BCUT2D eigenvalue weighted by atomic mass is 35.5. The Labute approximate surface area is 151 Å². The molecule has 0 bridgehead atoms. The molecule has 1 aliphatic rings. The van der Waals surface area contributed by atoms with Gasteiger partial charge in [-0.15, -0.1) is 0 Å². The Bertz CT molecular complexity index is 685. The second kappa shape index (κ2) is 8.01. The lowest BCUT2D eigenvalue weighted by molar-refractivity contribution is -0.139. The van der Waals surface area contributed by atoms with Crippen molar-refractivity contribution in [1.29, 1.82) is 0 Å². The summed E-state index contributed by atoms with van der Waals surface area (Å²) in [5.41, 5.74) is 0.380. The van der Waals surface area contributed by atoms with Gasteiger partial charge >= 0.3 is 5.97 Å². The summed E-state index contributed by atoms with van der Waals surface area (Å²) < 4.78 is 27.2. The molecule has 1 aromatic carbocycles. The Balaban J connectivity index is 1.92. The molecule has 134 valence electrons. The average Bonchev–Trinajstić information content (AvgIpc) is 2.44. The van der Waals surface area contributed by atoms with Crippen molar-refractivity contribution in [2.45, 2.75) is 37.6 Å². The van der Waals surface area contributed by atoms with Gasteiger partial charge in [0.1, 0.15) is 0 Å². The van der Waals surface area contributed by atoms with Crippen LogP contribution in [0.25, 0.3) is 0 Å². The normalized spacial score (nSPS) is 20.8. The number of likely N-dealkylation sites (N-methyl/N-ethyl adjacent to an activating group) is 1. The number of carboxylic acids is 1. The Morgan fingerprint density at radius 3 is 2.42 bits per heavy atom. The summed E-state index contributed by atoms with van der Waals surface area (Å²) in [6, 6.07) is 4.75. The van der Waals surface area contributed by atoms with E-state index in [1.807, 2.05) is 11.8 Å². The minimum Gasteiger partial charge on any atom is -0.480 e. The fourth-order valence-electron chi connectivity index (χ4n) is 2.81. The van der Waals surface area contributed by atoms with E-state index in [0.717, 1.165) is 0 Å². The van der Waals surface area contributed by atoms with Gasteiger partial charge in [-0.3, -0.25) is 9.69 Å². The Morgan fingerprint density at radius 2 is 1.92 bits per heavy atom. The molecular weight excluding hydrogens is 375 g/mol. The monoisotopic (exact) mass is 394 g/mol. The van der Waals surface area contributed by atoms with Crippen molar-refractivity contribution in [1.82, 2.24) is 9.62 Å². The van der Waals surface area contributed by atoms with Gasteiger partial charge in [0.05, 0.1) is 12.3 Å². The molecule has 24 heavy (non-hydrogen) atoms. The van der Waals surface area contributed by atoms with E-state index in [2.05, 4.69) is 4.72 Å². The first-order valence-electron chi connectivity index (χ1n) is 7.60. The number of nitrogens with zero attached hydrogens (tertiary/aromatic N) is 1. The maximum absolute atomic E-state index is 12.3. The molecule has 1 aromatic rings. The van der Waals surface area contributed by atoms with Crippen LogP contribution in [0.15, 0.2) is 18.2 Å². The molecule has 2 rings (SSSR count). The number of carboxylic acid groups (broad SMARTS) is 1. The summed E-state index contributed by atoms with van der Waals surface area (Å²) in [4.78, 5) is 12.6. The molecule has 0 aliphatic heterocycles. The number of sulfonamides is 1. The van der Waals surface area contributed by atoms with Crippen molar-refractivity contribution < 1.29 is 18.3 Å². The molecule has 0 saturated heterocycles. The maximum Gasteiger partial charge on any atom is 0.317 e. The minimum atomic E-state index is -3.57. The summed E-state index contributed by atoms with van der Waals surface area (Å²) in [6.07, 6.45) is 1.19. The minimum absolute atomic E-state index is 0.0319. The molecule has 1 aliphatic carbocycles. The molecule has 0 amide bonds. The molecule has 0 unspecified atom stereocenters. The van der Waals surface area contributed by atoms with Gasteiger partial charge in [0, 0.05) is 27.7 Å². The maximum atomic E-state index is 12.3. The number of hydrogen-bond donors (Lipinski definition) is 2. The second-order valence-electron chi connectivity index (χ2n) is 5.86. The number of nitrogens with one attached hydrogen (secondary N) is 1. The zero-order chi connectivity index (χ0) is 17.9. The Kier molecular flexibility index (Phi) is 6.50. The van der Waals surface area contributed by atoms with Crippen molar-refractivity contribution >= 4 is 39.2 Å². The second-order valence-corrected chi connectivity index (χ2v) is 8.42. The van der Waals surface area contributed by atoms with Crippen LogP contribution in [0.5, 0.6) is 0 Å². The van der Waals surface area contributed by atoms with Crippen molar-refractivity contribution in [2.75, 3.05) is 13.1 Å². The van der Waals surface area contributed by atoms with E-state index in [9.17, 15) is 13.2 Å². The van der Waals surface area contributed by atoms with Gasteiger partial charge in [-0.25, -0.2) is 13.1 Å². The third kappa shape index (κ3) is 5.07. The molecule has 1 saturated carbocycles. The van der Waals surface area contributed by atoms with Crippen LogP contribution in [0.3, 0.4) is 0 Å². The van der Waals surface area contributed by atoms with Crippen LogP contribution in [0.4, 0.5) is 0 Å². The number of rotatable bonds is 8. The van der Waals surface area contributed by atoms with E-state index in [-0.39, 0.29) is 24.4 Å². The van der Waals surface area contributed by atoms with Crippen LogP contribution in [0.2, 0.25) is 10.0 Å². The highest BCUT2D eigenvalue weighted by Gasteiger charge is 2.36. The summed E-state index contributed by atoms with van der Waals surface area (Å²) in [6.45, 7) is 2.47. The molecule has 0 spiro atoms. The quantitative estimate of drug-likeness (QED) is 0.706. The van der Waals surface area contributed by atoms with Gasteiger partial charge in [0.2, 0.25) is 10.0 Å². The van der Waals surface area contributed by atoms with Crippen LogP contribution in [-0.4, -0.2) is 49.6 Å². The molecule has 0 aromatic heterocycles. The molecule has 1 fully saturated rings. The number of aliphatic carboxylic acids is 1. The lowest BCUT2D eigenvalue weighted by Crippen LogP contribution is -2.54. The van der Waals surface area contributed by atoms with Gasteiger partial charge in [0.15, 0.2) is 0 Å². The van der Waals surface area contributed by atoms with E-state index in [1.54, 1.807) is 18.2 Å². The zero-order valence-electron chi connectivity index (χ0n) is 13.2. The van der Waals surface area contributed by atoms with Gasteiger partial charge in [0.25, 0.3) is 0 Å². The fourth-order valence-corrected chi connectivity index (χ4v) is 4.98. The molecule has 0 radical (unpaired) electrons. The predicted octanol–water partition coefficient (Wildman–Crippen LogP) is 2.35. The molecule has 0 heterocycles. The van der Waals surface area contributed by atoms with E-state index in [0.29, 0.717) is 35.0 Å². The molecular formula is C15H20Cl2N2O4S. The van der Waals surface area contributed by atoms with Crippen LogP contribution in [-0.2, 0) is 20.6 Å². The fraction of sp³-hybridized carbons (Fsp3) is 0.533. The number of carbonyl (C=O) groups is 1. The molecule has 0 atom stereocenters. The van der Waals surface area contributed by atoms with Crippen LogP contribution in [0, 0.1) is 0 Å². The van der Waals surface area contributed by atoms with E-state index < -0.39 is 16.0 Å². The van der Waals surface area contributed by atoms with Crippen LogP contribution in [0.1, 0.15) is 25.3 Å². The van der Waals surface area contributed by atoms with Gasteiger partial charge in [-0.1, -0.05) is 36.2 Å². The largest absolute Gasteiger partial charge is 0.480 e. The first kappa shape index (κ1) is 19.5. The van der Waals surface area contributed by atoms with Crippen molar-refractivity contribution in [2.24, 2.45) is 0 Å². The van der Waals surface area contributed by atoms with Gasteiger partial charge in [-0.05, 0) is 31.5 Å². The lowest BCUT2D eigenvalue weighted by Gasteiger charge is -2.42. The predicted molar refractivity (Wildman–Crippen MR) is 93.9 cm³/mol. The Morgan fingerprint density at radius 1 is 1.33 bits per heavy atom. The summed E-state index contributed by atoms with van der Waals surface area (Å²) in [5, 5.41) is 9.51. The summed E-state index contributed by atoms with van der Waals surface area (Å²) in [5.74, 6) is -1.16. The highest BCUT2D eigenvalue weighted by molar-refractivity contribution is 7.88. The van der Waals surface area contributed by atoms with Crippen LogP contribution < -0.4 is 4.72 Å². The highest BCUT2D eigenvalue weighted by Crippen LogP contribution is 2.29. The summed E-state index contributed by atoms with van der Waals surface area (Å²) in [7, 11) is -3.57. The number of benzene rings is 1. The van der Waals surface area contributed by atoms with Crippen molar-refractivity contribution in [3.8, 4) is 0 Å². The van der Waals surface area contributed by atoms with Gasteiger partial charge in [-0.2, -0.15) is 0 Å². The average molecular weight is 395 g/mol. The zero-order valence-corrected chi connectivity index (χ0v) is 15.5. The van der Waals surface area contributed by atoms with E-state index in [4.69, 9.17) is 28.3 Å². The van der Waals surface area contributed by atoms with Crippen molar-refractivity contribution in [3.05, 3.63) is 33.8 Å². The number of halogens is 2. The first-order valence-corrected chi connectivity index (χ1v) is 10.0. The van der Waals surface area contributed by atoms with Gasteiger partial charge < -0.3 is 5.11 Å². The standard InChI is InChI=1S/C15H20Cl2N2O4S/c1-2-19(8-15(20)21)11-6-10(7-11)18-24(22,23)9-12-13(16)4-3-5-14(12)17/h3-5,10-11,18H,2,6-9H2,1H3,(H,20,21). The van der Waals surface area contributed by atoms with Crippen LogP contribution >= 0.6 is 23.2 Å². The van der Waals surface area contributed by atoms with E-state index >= 15 is 0 Å². The smallest absolute Gasteiger partial charge is 0.317 e. The summed E-state index contributed by atoms with van der Waals surface area (Å²) >= 11 is 12.0. The third-order valence-corrected chi connectivity index (χ3v) is 6.19. The topological polar surface area (TPSA) is 86.7 Å². The lowest BCUT2D eigenvalue weighted by atomic mass is 9.86. The molecule has 9 heteroatoms. The molecule has 6 nitrogen and oxygen atoms in total. The Hall–Kier alpha value is -0.860. The first-order chi connectivity index (χ1) is 11.2. The van der Waals surface area contributed by atoms with E-state index in [1.165, 1.54) is 0 Å².